The van der Waals surface area contributed by atoms with Gasteiger partial charge >= 0.3 is 12.0 Å². The fourth-order valence-electron chi connectivity index (χ4n) is 1.28. The van der Waals surface area contributed by atoms with Gasteiger partial charge in [0, 0.05) is 13.1 Å². The van der Waals surface area contributed by atoms with Crippen LogP contribution >= 0.6 is 11.6 Å². The van der Waals surface area contributed by atoms with E-state index in [0.717, 1.165) is 0 Å². The lowest BCUT2D eigenvalue weighted by molar-refractivity contribution is -0.140. The topological polar surface area (TPSA) is 77.4 Å². The molecule has 1 rings (SSSR count). The second-order valence-corrected chi connectivity index (χ2v) is 3.64. The molecule has 0 amide bonds. The van der Waals surface area contributed by atoms with Crippen LogP contribution in [-0.4, -0.2) is 48.2 Å². The van der Waals surface area contributed by atoms with E-state index in [4.69, 9.17) is 16.3 Å². The van der Waals surface area contributed by atoms with E-state index in [2.05, 4.69) is 19.7 Å². The van der Waals surface area contributed by atoms with Gasteiger partial charge in [0.05, 0.1) is 20.6 Å². The van der Waals surface area contributed by atoms with Crippen molar-refractivity contribution in [3.8, 4) is 6.01 Å². The molecule has 0 aliphatic heterocycles. The Bertz CT molecular complexity index is 416. The number of nitrogens with zero attached hydrogens (tertiary/aromatic N) is 4. The fourth-order valence-corrected chi connectivity index (χ4v) is 1.43. The van der Waals surface area contributed by atoms with Crippen molar-refractivity contribution in [2.24, 2.45) is 0 Å². The molecule has 0 fully saturated rings. The zero-order valence-corrected chi connectivity index (χ0v) is 11.3. The number of carbonyl (C=O) groups excluding carboxylic acids is 1. The largest absolute Gasteiger partial charge is 0.469 e. The lowest BCUT2D eigenvalue weighted by atomic mass is 10.4. The van der Waals surface area contributed by atoms with Crippen LogP contribution in [0.5, 0.6) is 6.01 Å². The highest BCUT2D eigenvalue weighted by Gasteiger charge is 2.13. The molecule has 0 bridgehead atoms. The zero-order valence-electron chi connectivity index (χ0n) is 10.5. The number of esters is 1. The van der Waals surface area contributed by atoms with Crippen LogP contribution in [-0.2, 0) is 9.53 Å². The van der Waals surface area contributed by atoms with Gasteiger partial charge in [0.15, 0.2) is 0 Å². The molecular formula is C10H15ClN4O3. The number of hydrogen-bond donors (Lipinski definition) is 0. The normalized spacial score (nSPS) is 10.0. The minimum absolute atomic E-state index is 0.0494. The third-order valence-corrected chi connectivity index (χ3v) is 2.41. The Morgan fingerprint density at radius 1 is 1.33 bits per heavy atom. The molecule has 1 aromatic rings. The molecule has 8 heteroatoms. The molecule has 0 aliphatic carbocycles. The van der Waals surface area contributed by atoms with Gasteiger partial charge in [-0.05, 0) is 18.5 Å². The van der Waals surface area contributed by atoms with Gasteiger partial charge in [-0.25, -0.2) is 0 Å². The molecule has 0 spiro atoms. The molecule has 0 saturated carbocycles. The first-order chi connectivity index (χ1) is 8.60. The van der Waals surface area contributed by atoms with Gasteiger partial charge in [-0.3, -0.25) is 4.79 Å². The molecule has 18 heavy (non-hydrogen) atoms. The van der Waals surface area contributed by atoms with Crippen LogP contribution in [0.2, 0.25) is 5.28 Å². The first-order valence-electron chi connectivity index (χ1n) is 5.38. The Morgan fingerprint density at radius 2 is 2.06 bits per heavy atom. The van der Waals surface area contributed by atoms with Gasteiger partial charge in [0.25, 0.3) is 0 Å². The van der Waals surface area contributed by atoms with Gasteiger partial charge in [0.2, 0.25) is 11.2 Å². The van der Waals surface area contributed by atoms with Crippen molar-refractivity contribution in [2.75, 3.05) is 32.2 Å². The van der Waals surface area contributed by atoms with E-state index in [1.807, 2.05) is 6.92 Å². The summed E-state index contributed by atoms with van der Waals surface area (Å²) in [7, 11) is 2.79. The number of carbonyl (C=O) groups is 1. The zero-order chi connectivity index (χ0) is 13.5. The van der Waals surface area contributed by atoms with Gasteiger partial charge in [0.1, 0.15) is 0 Å². The van der Waals surface area contributed by atoms with Crippen molar-refractivity contribution >= 4 is 23.5 Å². The summed E-state index contributed by atoms with van der Waals surface area (Å²) < 4.78 is 9.49. The first kappa shape index (κ1) is 14.4. The van der Waals surface area contributed by atoms with E-state index in [1.54, 1.807) is 4.90 Å². The first-order valence-corrected chi connectivity index (χ1v) is 5.75. The van der Waals surface area contributed by atoms with Crippen molar-refractivity contribution in [3.05, 3.63) is 5.28 Å². The summed E-state index contributed by atoms with van der Waals surface area (Å²) in [5.41, 5.74) is 0. The number of halogens is 1. The highest BCUT2D eigenvalue weighted by atomic mass is 35.5. The van der Waals surface area contributed by atoms with Crippen LogP contribution < -0.4 is 9.64 Å². The SMILES string of the molecule is CCN(CCC(=O)OC)c1nc(Cl)nc(OC)n1. The molecule has 0 saturated heterocycles. The number of methoxy groups -OCH3 is 2. The van der Waals surface area contributed by atoms with E-state index < -0.39 is 0 Å². The molecule has 0 aromatic carbocycles. The van der Waals surface area contributed by atoms with Gasteiger partial charge < -0.3 is 14.4 Å². The number of rotatable bonds is 6. The summed E-state index contributed by atoms with van der Waals surface area (Å²) in [4.78, 5) is 24.7. The van der Waals surface area contributed by atoms with Crippen molar-refractivity contribution < 1.29 is 14.3 Å². The summed E-state index contributed by atoms with van der Waals surface area (Å²) in [6.07, 6.45) is 0.246. The van der Waals surface area contributed by atoms with Crippen molar-refractivity contribution in [1.29, 1.82) is 0 Å². The maximum Gasteiger partial charge on any atom is 0.322 e. The Balaban J connectivity index is 2.80. The van der Waals surface area contributed by atoms with Gasteiger partial charge in [-0.15, -0.1) is 0 Å². The lowest BCUT2D eigenvalue weighted by Crippen LogP contribution is -2.28. The highest BCUT2D eigenvalue weighted by molar-refractivity contribution is 6.28. The van der Waals surface area contributed by atoms with E-state index in [9.17, 15) is 4.79 Å². The monoisotopic (exact) mass is 274 g/mol. The number of aromatic nitrogens is 3. The minimum Gasteiger partial charge on any atom is -0.469 e. The maximum absolute atomic E-state index is 11.1. The van der Waals surface area contributed by atoms with E-state index in [1.165, 1.54) is 14.2 Å². The molecule has 100 valence electrons. The Morgan fingerprint density at radius 3 is 2.61 bits per heavy atom. The van der Waals surface area contributed by atoms with Crippen LogP contribution in [0.15, 0.2) is 0 Å². The average molecular weight is 275 g/mol. The predicted octanol–water partition coefficient (Wildman–Crippen LogP) is 0.923. The van der Waals surface area contributed by atoms with Crippen molar-refractivity contribution in [2.45, 2.75) is 13.3 Å². The summed E-state index contributed by atoms with van der Waals surface area (Å²) in [5.74, 6) is 0.0822. The molecule has 0 atom stereocenters. The molecule has 1 heterocycles. The van der Waals surface area contributed by atoms with Crippen LogP contribution in [0.4, 0.5) is 5.95 Å². The summed E-state index contributed by atoms with van der Waals surface area (Å²) in [5, 5.41) is 0.0494. The fraction of sp³-hybridized carbons (Fsp3) is 0.600. The van der Waals surface area contributed by atoms with E-state index >= 15 is 0 Å². The van der Waals surface area contributed by atoms with Crippen LogP contribution in [0.1, 0.15) is 13.3 Å². The third kappa shape index (κ3) is 3.99. The molecule has 7 nitrogen and oxygen atoms in total. The van der Waals surface area contributed by atoms with E-state index in [-0.39, 0.29) is 23.7 Å². The molecular weight excluding hydrogens is 260 g/mol. The second kappa shape index (κ2) is 6.95. The standard InChI is InChI=1S/C10H15ClN4O3/c1-4-15(6-5-7(16)17-2)9-12-8(11)13-10(14-9)18-3/h4-6H2,1-3H3. The molecule has 0 unspecified atom stereocenters. The van der Waals surface area contributed by atoms with Crippen LogP contribution in [0, 0.1) is 0 Å². The maximum atomic E-state index is 11.1. The predicted molar refractivity (Wildman–Crippen MR) is 65.9 cm³/mol. The van der Waals surface area contributed by atoms with Crippen molar-refractivity contribution in [3.63, 3.8) is 0 Å². The minimum atomic E-state index is -0.291. The van der Waals surface area contributed by atoms with E-state index in [0.29, 0.717) is 19.0 Å². The van der Waals surface area contributed by atoms with Gasteiger partial charge in [-0.2, -0.15) is 15.0 Å². The summed E-state index contributed by atoms with van der Waals surface area (Å²) in [6.45, 7) is 2.98. The summed E-state index contributed by atoms with van der Waals surface area (Å²) >= 11 is 5.76. The van der Waals surface area contributed by atoms with Crippen LogP contribution in [0.25, 0.3) is 0 Å². The third-order valence-electron chi connectivity index (χ3n) is 2.24. The Kier molecular flexibility index (Phi) is 5.57. The Labute approximate surface area is 110 Å². The number of ether oxygens (including phenoxy) is 2. The quantitative estimate of drug-likeness (QED) is 0.714. The molecule has 0 radical (unpaired) electrons. The molecule has 1 aromatic heterocycles. The smallest absolute Gasteiger partial charge is 0.322 e. The molecule has 0 N–H and O–H groups in total. The highest BCUT2D eigenvalue weighted by Crippen LogP contribution is 2.15. The second-order valence-electron chi connectivity index (χ2n) is 3.30. The summed E-state index contributed by atoms with van der Waals surface area (Å²) in [6, 6.07) is 0.140. The lowest BCUT2D eigenvalue weighted by Gasteiger charge is -2.20. The Hall–Kier alpha value is -1.63. The number of hydrogen-bond acceptors (Lipinski definition) is 7. The van der Waals surface area contributed by atoms with Gasteiger partial charge in [-0.1, -0.05) is 0 Å². The van der Waals surface area contributed by atoms with Crippen molar-refractivity contribution in [1.82, 2.24) is 15.0 Å². The average Bonchev–Trinajstić information content (AvgIpc) is 2.38. The molecule has 0 aliphatic rings. The van der Waals surface area contributed by atoms with Crippen LogP contribution in [0.3, 0.4) is 0 Å². The number of anilines is 1.